The Morgan fingerprint density at radius 1 is 1.06 bits per heavy atom. The highest BCUT2D eigenvalue weighted by molar-refractivity contribution is 6.01. The maximum Gasteiger partial charge on any atom is 0.247 e. The second-order valence-corrected chi connectivity index (χ2v) is 9.09. The zero-order valence-corrected chi connectivity index (χ0v) is 18.9. The number of Topliss-reactive ketones (excluding diaryl/α,β-unsaturated/α-hetero) is 1. The van der Waals surface area contributed by atoms with E-state index in [9.17, 15) is 10.1 Å². The Bertz CT molecular complexity index is 1400. The molecule has 3 aromatic carbocycles. The van der Waals surface area contributed by atoms with Gasteiger partial charge in [-0.1, -0.05) is 48.5 Å². The summed E-state index contributed by atoms with van der Waals surface area (Å²) in [5, 5.41) is 18.1. The first kappa shape index (κ1) is 21.7. The molecule has 1 aliphatic carbocycles. The van der Waals surface area contributed by atoms with E-state index in [4.69, 9.17) is 10.2 Å². The first-order valence-corrected chi connectivity index (χ1v) is 11.3. The van der Waals surface area contributed by atoms with Crippen molar-refractivity contribution in [2.75, 3.05) is 0 Å². The van der Waals surface area contributed by atoms with Gasteiger partial charge in [-0.2, -0.15) is 5.26 Å². The van der Waals surface area contributed by atoms with Crippen LogP contribution in [0.25, 0.3) is 22.6 Å². The third kappa shape index (κ3) is 4.39. The molecule has 0 saturated heterocycles. The SMILES string of the molecule is C[C@](N)(Cc1ccccc1)c1nnc(-c2cc(C(=O)C3CC3)cc(-c3ccccc3C#N)c2)o1. The number of benzene rings is 3. The van der Waals surface area contributed by atoms with Crippen LogP contribution >= 0.6 is 0 Å². The van der Waals surface area contributed by atoms with E-state index in [1.807, 2.05) is 67.6 Å². The standard InChI is InChI=1S/C28H24N4O2/c1-28(30,16-18-7-3-2-4-8-18)27-32-31-26(34-27)23-14-21(24-10-6-5-9-20(24)17-29)13-22(15-23)25(33)19-11-12-19/h2-10,13-15,19H,11-12,16,30H2,1H3/t28-/m0/s1. The molecule has 1 atom stereocenters. The van der Waals surface area contributed by atoms with Crippen molar-refractivity contribution in [3.63, 3.8) is 0 Å². The summed E-state index contributed by atoms with van der Waals surface area (Å²) >= 11 is 0. The average Bonchev–Trinajstić information content (AvgIpc) is 3.58. The molecule has 6 heteroatoms. The predicted molar refractivity (Wildman–Crippen MR) is 129 cm³/mol. The molecular weight excluding hydrogens is 424 g/mol. The molecule has 0 radical (unpaired) electrons. The van der Waals surface area contributed by atoms with E-state index in [0.29, 0.717) is 34.9 Å². The molecule has 5 rings (SSSR count). The van der Waals surface area contributed by atoms with Gasteiger partial charge < -0.3 is 10.2 Å². The summed E-state index contributed by atoms with van der Waals surface area (Å²) in [6.45, 7) is 1.86. The molecule has 0 unspecified atom stereocenters. The highest BCUT2D eigenvalue weighted by Crippen LogP contribution is 2.36. The van der Waals surface area contributed by atoms with E-state index >= 15 is 0 Å². The lowest BCUT2D eigenvalue weighted by Crippen LogP contribution is -2.35. The van der Waals surface area contributed by atoms with Gasteiger partial charge in [-0.15, -0.1) is 10.2 Å². The third-order valence-corrected chi connectivity index (χ3v) is 6.10. The second-order valence-electron chi connectivity index (χ2n) is 9.09. The fourth-order valence-electron chi connectivity index (χ4n) is 4.13. The van der Waals surface area contributed by atoms with Crippen molar-refractivity contribution >= 4 is 5.78 Å². The summed E-state index contributed by atoms with van der Waals surface area (Å²) in [5.74, 6) is 0.779. The maximum atomic E-state index is 12.9. The average molecular weight is 449 g/mol. The topological polar surface area (TPSA) is 106 Å². The lowest BCUT2D eigenvalue weighted by molar-refractivity contribution is 0.0967. The van der Waals surface area contributed by atoms with Crippen LogP contribution in [-0.4, -0.2) is 16.0 Å². The Balaban J connectivity index is 1.55. The van der Waals surface area contributed by atoms with Gasteiger partial charge in [-0.05, 0) is 67.1 Å². The number of hydrogen-bond donors (Lipinski definition) is 1. The van der Waals surface area contributed by atoms with Crippen molar-refractivity contribution in [1.82, 2.24) is 10.2 Å². The molecule has 4 aromatic rings. The van der Waals surface area contributed by atoms with E-state index in [2.05, 4.69) is 16.3 Å². The van der Waals surface area contributed by atoms with Crippen LogP contribution in [0.5, 0.6) is 0 Å². The number of carbonyl (C=O) groups is 1. The first-order chi connectivity index (χ1) is 16.4. The Kier molecular flexibility index (Phi) is 5.56. The van der Waals surface area contributed by atoms with Crippen molar-refractivity contribution in [3.8, 4) is 28.7 Å². The molecule has 1 aromatic heterocycles. The number of nitrogens with two attached hydrogens (primary N) is 1. The number of rotatable bonds is 7. The van der Waals surface area contributed by atoms with Crippen LogP contribution in [0, 0.1) is 17.2 Å². The van der Waals surface area contributed by atoms with Gasteiger partial charge in [0, 0.05) is 17.0 Å². The van der Waals surface area contributed by atoms with Crippen LogP contribution in [0.2, 0.25) is 0 Å². The number of ketones is 1. The van der Waals surface area contributed by atoms with E-state index < -0.39 is 5.54 Å². The van der Waals surface area contributed by atoms with Crippen LogP contribution in [0.15, 0.2) is 77.2 Å². The van der Waals surface area contributed by atoms with Crippen molar-refractivity contribution in [2.45, 2.75) is 31.7 Å². The summed E-state index contributed by atoms with van der Waals surface area (Å²) in [4.78, 5) is 12.9. The van der Waals surface area contributed by atoms with E-state index in [1.165, 1.54) is 0 Å². The Morgan fingerprint density at radius 3 is 2.50 bits per heavy atom. The Labute approximate surface area is 198 Å². The van der Waals surface area contributed by atoms with E-state index in [1.54, 1.807) is 12.1 Å². The smallest absolute Gasteiger partial charge is 0.247 e. The van der Waals surface area contributed by atoms with Gasteiger partial charge in [0.15, 0.2) is 5.78 Å². The van der Waals surface area contributed by atoms with Gasteiger partial charge in [0.1, 0.15) is 0 Å². The third-order valence-electron chi connectivity index (χ3n) is 6.10. The number of nitrogens with zero attached hydrogens (tertiary/aromatic N) is 3. The summed E-state index contributed by atoms with van der Waals surface area (Å²) in [7, 11) is 0. The number of aromatic nitrogens is 2. The molecule has 1 aliphatic rings. The van der Waals surface area contributed by atoms with E-state index in [0.717, 1.165) is 29.5 Å². The zero-order chi connectivity index (χ0) is 23.7. The highest BCUT2D eigenvalue weighted by Gasteiger charge is 2.32. The molecule has 2 N–H and O–H groups in total. The second kappa shape index (κ2) is 8.69. The van der Waals surface area contributed by atoms with Crippen LogP contribution in [0.1, 0.15) is 47.1 Å². The molecule has 0 spiro atoms. The summed E-state index contributed by atoms with van der Waals surface area (Å²) in [6, 6.07) is 25.0. The fourth-order valence-corrected chi connectivity index (χ4v) is 4.13. The quantitative estimate of drug-likeness (QED) is 0.385. The van der Waals surface area contributed by atoms with Crippen molar-refractivity contribution < 1.29 is 9.21 Å². The number of hydrogen-bond acceptors (Lipinski definition) is 6. The monoisotopic (exact) mass is 448 g/mol. The van der Waals surface area contributed by atoms with Gasteiger partial charge in [0.05, 0.1) is 17.2 Å². The van der Waals surface area contributed by atoms with Crippen LogP contribution in [0.4, 0.5) is 0 Å². The minimum absolute atomic E-state index is 0.0609. The molecule has 0 bridgehead atoms. The molecule has 168 valence electrons. The Morgan fingerprint density at radius 2 is 1.76 bits per heavy atom. The van der Waals surface area contributed by atoms with Crippen molar-refractivity contribution in [1.29, 1.82) is 5.26 Å². The molecule has 0 amide bonds. The van der Waals surface area contributed by atoms with Gasteiger partial charge in [0.2, 0.25) is 11.8 Å². The van der Waals surface area contributed by atoms with Gasteiger partial charge >= 0.3 is 0 Å². The lowest BCUT2D eigenvalue weighted by Gasteiger charge is -2.20. The molecule has 34 heavy (non-hydrogen) atoms. The summed E-state index contributed by atoms with van der Waals surface area (Å²) in [6.07, 6.45) is 2.35. The minimum atomic E-state index is -0.857. The van der Waals surface area contributed by atoms with Crippen LogP contribution in [0.3, 0.4) is 0 Å². The largest absolute Gasteiger partial charge is 0.419 e. The number of carbonyl (C=O) groups excluding carboxylic acids is 1. The first-order valence-electron chi connectivity index (χ1n) is 11.3. The van der Waals surface area contributed by atoms with E-state index in [-0.39, 0.29) is 11.7 Å². The molecule has 1 fully saturated rings. The zero-order valence-electron chi connectivity index (χ0n) is 18.9. The summed E-state index contributed by atoms with van der Waals surface area (Å²) < 4.78 is 6.04. The van der Waals surface area contributed by atoms with Crippen LogP contribution in [-0.2, 0) is 12.0 Å². The molecular formula is C28H24N4O2. The van der Waals surface area contributed by atoms with Crippen molar-refractivity contribution in [3.05, 3.63) is 95.4 Å². The minimum Gasteiger partial charge on any atom is -0.419 e. The highest BCUT2D eigenvalue weighted by atomic mass is 16.4. The number of nitriles is 1. The molecule has 6 nitrogen and oxygen atoms in total. The molecule has 1 saturated carbocycles. The predicted octanol–water partition coefficient (Wildman–Crippen LogP) is 5.28. The summed E-state index contributed by atoms with van der Waals surface area (Å²) in [5.41, 5.74) is 10.0. The van der Waals surface area contributed by atoms with Gasteiger partial charge in [-0.25, -0.2) is 0 Å². The van der Waals surface area contributed by atoms with Crippen molar-refractivity contribution in [2.24, 2.45) is 11.7 Å². The van der Waals surface area contributed by atoms with Crippen LogP contribution < -0.4 is 5.73 Å². The lowest BCUT2D eigenvalue weighted by atomic mass is 9.94. The van der Waals surface area contributed by atoms with Gasteiger partial charge in [-0.3, -0.25) is 4.79 Å². The normalized spacial score (nSPS) is 14.9. The van der Waals surface area contributed by atoms with Gasteiger partial charge in [0.25, 0.3) is 0 Å². The maximum absolute atomic E-state index is 12.9. The molecule has 0 aliphatic heterocycles. The fraction of sp³-hybridized carbons (Fsp3) is 0.214. The Hall–Kier alpha value is -4.08. The molecule has 1 heterocycles.